The maximum absolute atomic E-state index is 15.7. The van der Waals surface area contributed by atoms with Crippen LogP contribution >= 0.6 is 7.14 Å². The summed E-state index contributed by atoms with van der Waals surface area (Å²) < 4.78 is 28.7. The molecule has 8 aromatic carbocycles. The summed E-state index contributed by atoms with van der Waals surface area (Å²) >= 11 is 0. The van der Waals surface area contributed by atoms with Gasteiger partial charge in [-0.25, -0.2) is 9.59 Å². The molecule has 0 aromatic heterocycles. The molecule has 0 atom stereocenters. The van der Waals surface area contributed by atoms with E-state index >= 15 is 4.57 Å². The fraction of sp³-hybridized carbons (Fsp3) is 0.0182. The van der Waals surface area contributed by atoms with Crippen molar-refractivity contribution in [2.45, 2.75) is 6.92 Å². The van der Waals surface area contributed by atoms with Crippen molar-refractivity contribution in [3.8, 4) is 34.8 Å². The number of hydrogen-bond donors (Lipinski definition) is 4. The lowest BCUT2D eigenvalue weighted by molar-refractivity contribution is 0.0683. The second-order valence-electron chi connectivity index (χ2n) is 15.1. The molecule has 0 fully saturated rings. The van der Waals surface area contributed by atoms with E-state index in [-0.39, 0.29) is 45.2 Å². The number of carboxylic acids is 2. The topological polar surface area (TPSA) is 168 Å². The Hall–Kier alpha value is -8.97. The number of aryl methyl sites for hydroxylation is 1. The number of amides is 2. The van der Waals surface area contributed by atoms with E-state index in [9.17, 15) is 29.4 Å². The molecule has 0 spiro atoms. The van der Waals surface area contributed by atoms with Crippen LogP contribution in [0, 0.1) is 18.8 Å². The molecule has 0 heterocycles. The normalized spacial score (nSPS) is 10.8. The lowest BCUT2D eigenvalue weighted by Crippen LogP contribution is -2.26. The highest BCUT2D eigenvalue weighted by molar-refractivity contribution is 7.85. The van der Waals surface area contributed by atoms with Crippen molar-refractivity contribution in [2.75, 3.05) is 10.6 Å². The predicted octanol–water partition coefficient (Wildman–Crippen LogP) is 10.5. The molecule has 0 aliphatic heterocycles. The molecular formula is C55H39N2O9P. The van der Waals surface area contributed by atoms with Gasteiger partial charge in [-0.15, -0.1) is 0 Å². The fourth-order valence-electron chi connectivity index (χ4n) is 7.23. The summed E-state index contributed by atoms with van der Waals surface area (Å²) in [6.45, 7) is 1.76. The zero-order valence-electron chi connectivity index (χ0n) is 35.7. The van der Waals surface area contributed by atoms with Crippen LogP contribution in [0.25, 0.3) is 0 Å². The van der Waals surface area contributed by atoms with E-state index in [1.807, 2.05) is 66.7 Å². The van der Waals surface area contributed by atoms with Gasteiger partial charge in [0.25, 0.3) is 11.8 Å². The molecule has 8 aromatic rings. The van der Waals surface area contributed by atoms with Gasteiger partial charge in [-0.1, -0.05) is 114 Å². The van der Waals surface area contributed by atoms with Crippen molar-refractivity contribution in [3.63, 3.8) is 0 Å². The lowest BCUT2D eigenvalue weighted by Gasteiger charge is -2.23. The third-order valence-corrected chi connectivity index (χ3v) is 13.5. The Bertz CT molecular complexity index is 3250. The molecular weight excluding hydrogens is 864 g/mol. The van der Waals surface area contributed by atoms with Crippen LogP contribution in [0.15, 0.2) is 194 Å². The Labute approximate surface area is 385 Å². The Morgan fingerprint density at radius 1 is 0.463 bits per heavy atom. The summed E-state index contributed by atoms with van der Waals surface area (Å²) in [5.41, 5.74) is 2.10. The number of nitrogens with one attached hydrogen (secondary N) is 2. The van der Waals surface area contributed by atoms with Gasteiger partial charge in [0.1, 0.15) is 23.0 Å². The summed E-state index contributed by atoms with van der Waals surface area (Å²) in [6.07, 6.45) is 0. The number of hydrogen-bond acceptors (Lipinski definition) is 7. The van der Waals surface area contributed by atoms with Crippen LogP contribution in [-0.4, -0.2) is 34.0 Å². The molecule has 67 heavy (non-hydrogen) atoms. The number of benzene rings is 8. The number of rotatable bonds is 13. The second kappa shape index (κ2) is 19.8. The molecule has 11 nitrogen and oxygen atoms in total. The molecule has 0 bridgehead atoms. The van der Waals surface area contributed by atoms with Gasteiger partial charge in [-0.3, -0.25) is 9.59 Å². The minimum absolute atomic E-state index is 0.00435. The van der Waals surface area contributed by atoms with Crippen molar-refractivity contribution in [1.29, 1.82) is 0 Å². The third-order valence-electron chi connectivity index (χ3n) is 10.4. The average molecular weight is 903 g/mol. The highest BCUT2D eigenvalue weighted by Gasteiger charge is 2.33. The quantitative estimate of drug-likeness (QED) is 0.0650. The summed E-state index contributed by atoms with van der Waals surface area (Å²) in [7, 11) is -3.65. The van der Waals surface area contributed by atoms with E-state index in [2.05, 4.69) is 22.5 Å². The van der Waals surface area contributed by atoms with E-state index in [1.54, 1.807) is 110 Å². The highest BCUT2D eigenvalue weighted by atomic mass is 31.2. The van der Waals surface area contributed by atoms with Gasteiger partial charge in [0, 0.05) is 51.3 Å². The van der Waals surface area contributed by atoms with Crippen LogP contribution in [0.1, 0.15) is 58.1 Å². The van der Waals surface area contributed by atoms with Gasteiger partial charge in [-0.2, -0.15) is 0 Å². The summed E-state index contributed by atoms with van der Waals surface area (Å²) in [5.74, 6) is 3.21. The second-order valence-corrected chi connectivity index (χ2v) is 17.8. The number of carboxylic acid groups (broad SMARTS) is 2. The number of carbonyl (C=O) groups is 4. The van der Waals surface area contributed by atoms with Gasteiger partial charge in [0.05, 0.1) is 27.6 Å². The molecule has 2 amide bonds. The van der Waals surface area contributed by atoms with Crippen molar-refractivity contribution >= 4 is 58.2 Å². The number of anilines is 2. The fourth-order valence-corrected chi connectivity index (χ4v) is 9.98. The lowest BCUT2D eigenvalue weighted by atomic mass is 10.0. The molecule has 0 saturated carbocycles. The van der Waals surface area contributed by atoms with Gasteiger partial charge in [0.15, 0.2) is 7.14 Å². The molecule has 12 heteroatoms. The van der Waals surface area contributed by atoms with Gasteiger partial charge >= 0.3 is 11.9 Å². The molecule has 0 aliphatic rings. The zero-order valence-corrected chi connectivity index (χ0v) is 36.6. The van der Waals surface area contributed by atoms with Gasteiger partial charge in [-0.05, 0) is 85.8 Å². The molecule has 0 radical (unpaired) electrons. The first kappa shape index (κ1) is 44.6. The SMILES string of the molecule is Cc1ccc(C(=O)O)c(C(=O)Nc2cccc(Oc3ccc(P(=O)(c4ccccc4)c4ccccc4)c(Oc4cccc(NC(=O)c5cc(C#Cc6ccccc6)ccc5C(=O)O)c4)c3)c2)c1. The van der Waals surface area contributed by atoms with E-state index in [0.717, 1.165) is 11.1 Å². The molecule has 8 rings (SSSR count). The largest absolute Gasteiger partial charge is 0.478 e. The first-order chi connectivity index (χ1) is 32.4. The maximum atomic E-state index is 15.7. The summed E-state index contributed by atoms with van der Waals surface area (Å²) in [6, 6.07) is 54.1. The average Bonchev–Trinajstić information content (AvgIpc) is 3.34. The van der Waals surface area contributed by atoms with E-state index < -0.39 is 30.9 Å². The van der Waals surface area contributed by atoms with Crippen LogP contribution in [0.5, 0.6) is 23.0 Å². The van der Waals surface area contributed by atoms with Crippen LogP contribution < -0.4 is 36.0 Å². The Morgan fingerprint density at radius 3 is 1.52 bits per heavy atom. The van der Waals surface area contributed by atoms with Crippen LogP contribution in [0.4, 0.5) is 11.4 Å². The third kappa shape index (κ3) is 10.4. The first-order valence-corrected chi connectivity index (χ1v) is 22.5. The van der Waals surface area contributed by atoms with Crippen molar-refractivity contribution in [2.24, 2.45) is 0 Å². The molecule has 328 valence electrons. The Balaban J connectivity index is 1.13. The van der Waals surface area contributed by atoms with Gasteiger partial charge in [0.2, 0.25) is 0 Å². The van der Waals surface area contributed by atoms with Crippen LogP contribution in [0.3, 0.4) is 0 Å². The Morgan fingerprint density at radius 2 is 0.955 bits per heavy atom. The van der Waals surface area contributed by atoms with Crippen molar-refractivity contribution < 1.29 is 43.4 Å². The van der Waals surface area contributed by atoms with E-state index in [0.29, 0.717) is 32.9 Å². The summed E-state index contributed by atoms with van der Waals surface area (Å²) in [4.78, 5) is 51.2. The van der Waals surface area contributed by atoms with Gasteiger partial charge < -0.3 is 34.9 Å². The van der Waals surface area contributed by atoms with E-state index in [1.165, 1.54) is 24.3 Å². The minimum atomic E-state index is -3.65. The van der Waals surface area contributed by atoms with Crippen molar-refractivity contribution in [3.05, 3.63) is 233 Å². The molecule has 0 aliphatic carbocycles. The van der Waals surface area contributed by atoms with E-state index in [4.69, 9.17) is 9.47 Å². The van der Waals surface area contributed by atoms with Crippen LogP contribution in [-0.2, 0) is 4.57 Å². The Kier molecular flexibility index (Phi) is 13.2. The van der Waals surface area contributed by atoms with Crippen molar-refractivity contribution in [1.82, 2.24) is 0 Å². The monoisotopic (exact) mass is 902 g/mol. The molecule has 4 N–H and O–H groups in total. The summed E-state index contributed by atoms with van der Waals surface area (Å²) in [5, 5.41) is 26.7. The highest BCUT2D eigenvalue weighted by Crippen LogP contribution is 2.47. The predicted molar refractivity (Wildman–Crippen MR) is 259 cm³/mol. The smallest absolute Gasteiger partial charge is 0.336 e. The van der Waals surface area contributed by atoms with Crippen LogP contribution in [0.2, 0.25) is 0 Å². The molecule has 0 saturated heterocycles. The first-order valence-electron chi connectivity index (χ1n) is 20.8. The minimum Gasteiger partial charge on any atom is -0.478 e. The number of ether oxygens (including phenoxy) is 2. The standard InChI is InChI=1S/C55H39N2O9P/c1-36-23-28-46(54(60)61)48(31-36)52(58)56-39-15-11-17-41(33-39)65-43-27-30-51(67(64,44-19-7-3-8-20-44)45-21-9-4-10-22-45)50(35-43)66-42-18-12-16-40(34-42)57-53(59)49-32-38(26-29-47(49)55(62)63)25-24-37-13-5-2-6-14-37/h2-23,26-35H,1H3,(H,56,58)(H,57,59)(H,60,61)(H,62,63). The number of aromatic carboxylic acids is 2. The number of carbonyl (C=O) groups excluding carboxylic acids is 2. The zero-order chi connectivity index (χ0) is 46.9. The molecule has 0 unspecified atom stereocenters. The maximum Gasteiger partial charge on any atom is 0.336 e.